The molecule has 1 heterocycles. The number of carbonyl (C=O) groups is 1. The van der Waals surface area contributed by atoms with Gasteiger partial charge in [0.2, 0.25) is 5.83 Å². The van der Waals surface area contributed by atoms with Gasteiger partial charge in [-0.05, 0) is 38.2 Å². The van der Waals surface area contributed by atoms with E-state index in [1.807, 2.05) is 0 Å². The highest BCUT2D eigenvalue weighted by Gasteiger charge is 2.13. The summed E-state index contributed by atoms with van der Waals surface area (Å²) in [5.41, 5.74) is 0. The smallest absolute Gasteiger partial charge is 0.364 e. The highest BCUT2D eigenvalue weighted by Crippen LogP contribution is 2.14. The standard InChI is InChI=1S/C11H17FO4/c12-9(11(13)14)5-1-3-7-15-10-6-2-4-8-16-10/h5,10H,1-4,6-8H2,(H,13,14)/b9-5-. The normalized spacial score (nSPS) is 22.1. The Kier molecular flexibility index (Phi) is 6.03. The first-order valence-corrected chi connectivity index (χ1v) is 5.52. The van der Waals surface area contributed by atoms with Gasteiger partial charge < -0.3 is 14.6 Å². The number of unbranched alkanes of at least 4 members (excludes halogenated alkanes) is 1. The molecule has 1 unspecified atom stereocenters. The fourth-order valence-electron chi connectivity index (χ4n) is 1.46. The molecular weight excluding hydrogens is 215 g/mol. The molecule has 1 aliphatic rings. The van der Waals surface area contributed by atoms with Crippen LogP contribution in [-0.2, 0) is 14.3 Å². The van der Waals surface area contributed by atoms with Crippen molar-refractivity contribution < 1.29 is 23.8 Å². The van der Waals surface area contributed by atoms with Crippen LogP contribution in [0.25, 0.3) is 0 Å². The average Bonchev–Trinajstić information content (AvgIpc) is 2.29. The summed E-state index contributed by atoms with van der Waals surface area (Å²) in [5, 5.41) is 8.25. The Morgan fingerprint density at radius 3 is 3.00 bits per heavy atom. The molecule has 1 atom stereocenters. The van der Waals surface area contributed by atoms with E-state index in [0.717, 1.165) is 31.9 Å². The van der Waals surface area contributed by atoms with Gasteiger partial charge in [0, 0.05) is 6.61 Å². The Labute approximate surface area is 94.0 Å². The molecule has 0 aliphatic carbocycles. The van der Waals surface area contributed by atoms with E-state index >= 15 is 0 Å². The van der Waals surface area contributed by atoms with Crippen molar-refractivity contribution in [3.8, 4) is 0 Å². The zero-order valence-corrected chi connectivity index (χ0v) is 9.15. The maximum absolute atomic E-state index is 12.5. The summed E-state index contributed by atoms with van der Waals surface area (Å²) in [6.07, 6.45) is 4.98. The van der Waals surface area contributed by atoms with Crippen molar-refractivity contribution in [3.05, 3.63) is 11.9 Å². The Morgan fingerprint density at radius 1 is 1.56 bits per heavy atom. The van der Waals surface area contributed by atoms with Crippen molar-refractivity contribution in [3.63, 3.8) is 0 Å². The Bertz CT molecular complexity index is 246. The van der Waals surface area contributed by atoms with Crippen molar-refractivity contribution in [2.24, 2.45) is 0 Å². The van der Waals surface area contributed by atoms with Gasteiger partial charge in [-0.25, -0.2) is 4.79 Å². The number of halogens is 1. The third kappa shape index (κ3) is 5.23. The topological polar surface area (TPSA) is 55.8 Å². The lowest BCUT2D eigenvalue weighted by atomic mass is 10.2. The highest BCUT2D eigenvalue weighted by atomic mass is 19.1. The second kappa shape index (κ2) is 7.35. The number of hydrogen-bond donors (Lipinski definition) is 1. The molecule has 0 bridgehead atoms. The summed E-state index contributed by atoms with van der Waals surface area (Å²) < 4.78 is 23.2. The maximum Gasteiger partial charge on any atom is 0.364 e. The van der Waals surface area contributed by atoms with Crippen LogP contribution in [-0.4, -0.2) is 30.6 Å². The van der Waals surface area contributed by atoms with Crippen LogP contribution in [0.2, 0.25) is 0 Å². The summed E-state index contributed by atoms with van der Waals surface area (Å²) in [5.74, 6) is -2.62. The van der Waals surface area contributed by atoms with Gasteiger partial charge in [0.1, 0.15) is 0 Å². The van der Waals surface area contributed by atoms with Gasteiger partial charge in [-0.15, -0.1) is 0 Å². The van der Waals surface area contributed by atoms with Crippen LogP contribution >= 0.6 is 0 Å². The predicted octanol–water partition coefficient (Wildman–Crippen LogP) is 2.25. The SMILES string of the molecule is O=C(O)/C(F)=C/CCCOC1CCCCO1. The fraction of sp³-hybridized carbons (Fsp3) is 0.727. The van der Waals surface area contributed by atoms with Crippen molar-refractivity contribution in [1.29, 1.82) is 0 Å². The van der Waals surface area contributed by atoms with E-state index in [4.69, 9.17) is 14.6 Å². The second-order valence-electron chi connectivity index (χ2n) is 3.67. The molecule has 0 spiro atoms. The van der Waals surface area contributed by atoms with E-state index in [9.17, 15) is 9.18 Å². The maximum atomic E-state index is 12.5. The van der Waals surface area contributed by atoms with Gasteiger partial charge >= 0.3 is 5.97 Å². The molecule has 16 heavy (non-hydrogen) atoms. The number of aliphatic carboxylic acids is 1. The molecule has 0 aromatic heterocycles. The molecule has 5 heteroatoms. The van der Waals surface area contributed by atoms with Gasteiger partial charge in [-0.1, -0.05) is 0 Å². The van der Waals surface area contributed by atoms with E-state index in [-0.39, 0.29) is 6.29 Å². The zero-order chi connectivity index (χ0) is 11.8. The lowest BCUT2D eigenvalue weighted by Crippen LogP contribution is -2.22. The molecule has 1 saturated heterocycles. The van der Waals surface area contributed by atoms with Crippen molar-refractivity contribution in [2.75, 3.05) is 13.2 Å². The van der Waals surface area contributed by atoms with Gasteiger partial charge in [0.15, 0.2) is 6.29 Å². The second-order valence-corrected chi connectivity index (χ2v) is 3.67. The molecule has 0 saturated carbocycles. The highest BCUT2D eigenvalue weighted by molar-refractivity contribution is 5.83. The Morgan fingerprint density at radius 2 is 2.38 bits per heavy atom. The largest absolute Gasteiger partial charge is 0.476 e. The summed E-state index contributed by atoms with van der Waals surface area (Å²) in [6.45, 7) is 1.20. The number of carboxylic acid groups (broad SMARTS) is 1. The van der Waals surface area contributed by atoms with Crippen LogP contribution < -0.4 is 0 Å². The van der Waals surface area contributed by atoms with Gasteiger partial charge in [0.05, 0.1) is 6.61 Å². The van der Waals surface area contributed by atoms with Crippen LogP contribution in [0.4, 0.5) is 4.39 Å². The molecule has 1 aliphatic heterocycles. The van der Waals surface area contributed by atoms with Crippen LogP contribution in [0.5, 0.6) is 0 Å². The quantitative estimate of drug-likeness (QED) is 0.563. The molecule has 0 aromatic carbocycles. The number of hydrogen-bond acceptors (Lipinski definition) is 3. The lowest BCUT2D eigenvalue weighted by Gasteiger charge is -2.22. The number of ether oxygens (including phenoxy) is 2. The molecule has 1 rings (SSSR count). The number of allylic oxidation sites excluding steroid dienone is 1. The average molecular weight is 232 g/mol. The van der Waals surface area contributed by atoms with Gasteiger partial charge in [-0.3, -0.25) is 0 Å². The Hall–Kier alpha value is -0.940. The van der Waals surface area contributed by atoms with Crippen molar-refractivity contribution in [1.82, 2.24) is 0 Å². The van der Waals surface area contributed by atoms with Crippen LogP contribution in [0.3, 0.4) is 0 Å². The summed E-state index contributed by atoms with van der Waals surface area (Å²) in [4.78, 5) is 10.1. The first-order valence-electron chi connectivity index (χ1n) is 5.52. The van der Waals surface area contributed by atoms with Gasteiger partial charge in [-0.2, -0.15) is 4.39 Å². The Balaban J connectivity index is 2.03. The first-order chi connectivity index (χ1) is 7.70. The minimum atomic E-state index is -1.52. The third-order valence-corrected chi connectivity index (χ3v) is 2.32. The molecule has 1 fully saturated rings. The zero-order valence-electron chi connectivity index (χ0n) is 9.15. The van der Waals surface area contributed by atoms with Crippen LogP contribution in [0.15, 0.2) is 11.9 Å². The van der Waals surface area contributed by atoms with Crippen LogP contribution in [0.1, 0.15) is 32.1 Å². The van der Waals surface area contributed by atoms with Gasteiger partial charge in [0.25, 0.3) is 0 Å². The minimum Gasteiger partial charge on any atom is -0.476 e. The number of rotatable bonds is 6. The van der Waals surface area contributed by atoms with E-state index < -0.39 is 11.8 Å². The predicted molar refractivity (Wildman–Crippen MR) is 55.6 cm³/mol. The summed E-state index contributed by atoms with van der Waals surface area (Å²) in [6, 6.07) is 0. The molecule has 4 nitrogen and oxygen atoms in total. The van der Waals surface area contributed by atoms with E-state index in [1.54, 1.807) is 0 Å². The third-order valence-electron chi connectivity index (χ3n) is 2.32. The molecule has 0 amide bonds. The summed E-state index contributed by atoms with van der Waals surface area (Å²) in [7, 11) is 0. The van der Waals surface area contributed by atoms with E-state index in [1.165, 1.54) is 0 Å². The summed E-state index contributed by atoms with van der Waals surface area (Å²) >= 11 is 0. The minimum absolute atomic E-state index is 0.137. The number of carboxylic acids is 1. The van der Waals surface area contributed by atoms with E-state index in [2.05, 4.69) is 0 Å². The van der Waals surface area contributed by atoms with Crippen molar-refractivity contribution in [2.45, 2.75) is 38.4 Å². The first kappa shape index (κ1) is 13.1. The molecule has 1 N–H and O–H groups in total. The molecule has 0 radical (unpaired) electrons. The fourth-order valence-corrected chi connectivity index (χ4v) is 1.46. The van der Waals surface area contributed by atoms with Crippen LogP contribution in [0, 0.1) is 0 Å². The molecular formula is C11H17FO4. The van der Waals surface area contributed by atoms with E-state index in [0.29, 0.717) is 19.4 Å². The lowest BCUT2D eigenvalue weighted by molar-refractivity contribution is -0.162. The van der Waals surface area contributed by atoms with Crippen molar-refractivity contribution >= 4 is 5.97 Å². The molecule has 92 valence electrons. The monoisotopic (exact) mass is 232 g/mol. The molecule has 0 aromatic rings.